The third kappa shape index (κ3) is 2.68. The average Bonchev–Trinajstić information content (AvgIpc) is 2.99. The molecular weight excluding hydrogens is 339 g/mol. The summed E-state index contributed by atoms with van der Waals surface area (Å²) >= 11 is 0. The lowest BCUT2D eigenvalue weighted by molar-refractivity contribution is -0.137. The first-order valence-corrected chi connectivity index (χ1v) is 7.92. The summed E-state index contributed by atoms with van der Waals surface area (Å²) in [6.45, 7) is 0. The molecule has 0 aliphatic carbocycles. The van der Waals surface area contributed by atoms with E-state index in [9.17, 15) is 13.2 Å². The van der Waals surface area contributed by atoms with E-state index in [2.05, 4.69) is 4.98 Å². The Labute approximate surface area is 146 Å². The highest BCUT2D eigenvalue weighted by Crippen LogP contribution is 2.32. The van der Waals surface area contributed by atoms with Gasteiger partial charge in [-0.1, -0.05) is 36.4 Å². The number of hydrogen-bond donors (Lipinski definition) is 0. The van der Waals surface area contributed by atoms with Crippen molar-refractivity contribution in [2.75, 3.05) is 0 Å². The second-order valence-corrected chi connectivity index (χ2v) is 5.95. The summed E-state index contributed by atoms with van der Waals surface area (Å²) in [7, 11) is 0. The maximum Gasteiger partial charge on any atom is 0.417 e. The third-order valence-corrected chi connectivity index (χ3v) is 4.31. The molecule has 0 aliphatic rings. The van der Waals surface area contributed by atoms with Crippen molar-refractivity contribution in [3.8, 4) is 17.3 Å². The van der Waals surface area contributed by atoms with Gasteiger partial charge in [0.25, 0.3) is 0 Å². The number of imidazole rings is 1. The van der Waals surface area contributed by atoms with E-state index in [1.807, 2.05) is 48.5 Å². The Balaban J connectivity index is 1.96. The Bertz CT molecular complexity index is 1170. The summed E-state index contributed by atoms with van der Waals surface area (Å²) < 4.78 is 40.5. The van der Waals surface area contributed by atoms with Crippen LogP contribution in [-0.4, -0.2) is 9.38 Å². The van der Waals surface area contributed by atoms with Crippen LogP contribution >= 0.6 is 0 Å². The molecular formula is C20H12F3N3. The number of nitrogens with zero attached hydrogens (tertiary/aromatic N) is 3. The summed E-state index contributed by atoms with van der Waals surface area (Å²) in [6.07, 6.45) is -3.49. The van der Waals surface area contributed by atoms with E-state index >= 15 is 0 Å². The molecule has 0 unspecified atom stereocenters. The number of alkyl halides is 3. The third-order valence-electron chi connectivity index (χ3n) is 4.31. The maximum absolute atomic E-state index is 13.0. The van der Waals surface area contributed by atoms with Gasteiger partial charge in [-0.15, -0.1) is 0 Å². The van der Waals surface area contributed by atoms with E-state index in [0.717, 1.165) is 28.6 Å². The minimum atomic E-state index is -4.45. The molecule has 0 radical (unpaired) electrons. The number of rotatable bonds is 2. The highest BCUT2D eigenvalue weighted by atomic mass is 19.4. The van der Waals surface area contributed by atoms with Crippen molar-refractivity contribution in [3.05, 3.63) is 72.1 Å². The topological polar surface area (TPSA) is 41.1 Å². The average molecular weight is 351 g/mol. The Hall–Kier alpha value is -3.33. The minimum Gasteiger partial charge on any atom is -0.302 e. The first kappa shape index (κ1) is 16.2. The van der Waals surface area contributed by atoms with E-state index in [0.29, 0.717) is 17.0 Å². The van der Waals surface area contributed by atoms with Crippen LogP contribution in [0.4, 0.5) is 13.2 Å². The van der Waals surface area contributed by atoms with Crippen molar-refractivity contribution in [2.24, 2.45) is 0 Å². The van der Waals surface area contributed by atoms with Gasteiger partial charge in [-0.2, -0.15) is 18.4 Å². The van der Waals surface area contributed by atoms with Crippen molar-refractivity contribution in [3.63, 3.8) is 0 Å². The van der Waals surface area contributed by atoms with E-state index in [4.69, 9.17) is 5.26 Å². The van der Waals surface area contributed by atoms with Crippen molar-refractivity contribution in [2.45, 2.75) is 12.6 Å². The molecule has 2 aromatic carbocycles. The first-order chi connectivity index (χ1) is 12.5. The summed E-state index contributed by atoms with van der Waals surface area (Å²) in [4.78, 5) is 4.48. The van der Waals surface area contributed by atoms with Crippen LogP contribution in [0.15, 0.2) is 60.8 Å². The summed E-state index contributed by atoms with van der Waals surface area (Å²) in [5, 5.41) is 11.2. The molecule has 6 heteroatoms. The van der Waals surface area contributed by atoms with Gasteiger partial charge >= 0.3 is 6.18 Å². The van der Waals surface area contributed by atoms with Crippen molar-refractivity contribution in [1.82, 2.24) is 9.38 Å². The molecule has 4 aromatic rings. The predicted molar refractivity (Wildman–Crippen MR) is 92.5 cm³/mol. The second-order valence-electron chi connectivity index (χ2n) is 5.95. The number of pyridine rings is 1. The van der Waals surface area contributed by atoms with Gasteiger partial charge in [-0.3, -0.25) is 0 Å². The fourth-order valence-electron chi connectivity index (χ4n) is 3.07. The molecule has 0 spiro atoms. The second kappa shape index (κ2) is 5.88. The molecule has 4 rings (SSSR count). The normalized spacial score (nSPS) is 11.8. The SMILES string of the molecule is N#CCc1c(-c2ccc3ccccc3c2)nc2ccc(C(F)(F)F)cn12. The first-order valence-electron chi connectivity index (χ1n) is 7.92. The minimum absolute atomic E-state index is 0.0371. The Morgan fingerprint density at radius 1 is 1.00 bits per heavy atom. The molecule has 26 heavy (non-hydrogen) atoms. The number of nitriles is 1. The van der Waals surface area contributed by atoms with Gasteiger partial charge in [0.15, 0.2) is 0 Å². The summed E-state index contributed by atoms with van der Waals surface area (Å²) in [5.74, 6) is 0. The largest absolute Gasteiger partial charge is 0.417 e. The number of benzene rings is 2. The van der Waals surface area contributed by atoms with Gasteiger partial charge in [-0.05, 0) is 29.0 Å². The molecule has 2 heterocycles. The van der Waals surface area contributed by atoms with Crippen LogP contribution in [0.2, 0.25) is 0 Å². The molecule has 0 amide bonds. The summed E-state index contributed by atoms with van der Waals surface area (Å²) in [6, 6.07) is 17.9. The lowest BCUT2D eigenvalue weighted by atomic mass is 10.0. The van der Waals surface area contributed by atoms with E-state index in [1.165, 1.54) is 10.5 Å². The number of fused-ring (bicyclic) bond motifs is 2. The zero-order valence-electron chi connectivity index (χ0n) is 13.5. The molecule has 2 aromatic heterocycles. The van der Waals surface area contributed by atoms with Gasteiger partial charge in [-0.25, -0.2) is 4.98 Å². The van der Waals surface area contributed by atoms with E-state index in [1.54, 1.807) is 0 Å². The van der Waals surface area contributed by atoms with Gasteiger partial charge < -0.3 is 4.40 Å². The van der Waals surface area contributed by atoms with Crippen LogP contribution in [0.1, 0.15) is 11.3 Å². The Morgan fingerprint density at radius 3 is 2.50 bits per heavy atom. The molecule has 0 fully saturated rings. The van der Waals surface area contributed by atoms with Gasteiger partial charge in [0.2, 0.25) is 0 Å². The maximum atomic E-state index is 13.0. The molecule has 0 atom stereocenters. The smallest absolute Gasteiger partial charge is 0.302 e. The molecule has 0 saturated carbocycles. The highest BCUT2D eigenvalue weighted by molar-refractivity contribution is 5.87. The Morgan fingerprint density at radius 2 is 1.77 bits per heavy atom. The fraction of sp³-hybridized carbons (Fsp3) is 0.100. The number of halogens is 3. The lowest BCUT2D eigenvalue weighted by Crippen LogP contribution is -2.07. The van der Waals surface area contributed by atoms with E-state index in [-0.39, 0.29) is 6.42 Å². The monoisotopic (exact) mass is 351 g/mol. The molecule has 3 nitrogen and oxygen atoms in total. The zero-order chi connectivity index (χ0) is 18.3. The zero-order valence-corrected chi connectivity index (χ0v) is 13.5. The van der Waals surface area contributed by atoms with Crippen LogP contribution in [0.25, 0.3) is 27.7 Å². The standard InChI is InChI=1S/C20H12F3N3/c21-20(22,23)16-7-8-18-25-19(17(9-10-24)26(18)12-16)15-6-5-13-3-1-2-4-14(13)11-15/h1-8,11-12H,9H2. The lowest BCUT2D eigenvalue weighted by Gasteiger charge is -2.08. The molecule has 0 N–H and O–H groups in total. The van der Waals surface area contributed by atoms with Crippen LogP contribution in [0, 0.1) is 11.3 Å². The van der Waals surface area contributed by atoms with Crippen molar-refractivity contribution < 1.29 is 13.2 Å². The molecule has 0 bridgehead atoms. The summed E-state index contributed by atoms with van der Waals surface area (Å²) in [5.41, 5.74) is 1.35. The highest BCUT2D eigenvalue weighted by Gasteiger charge is 2.31. The fourth-order valence-corrected chi connectivity index (χ4v) is 3.07. The number of hydrogen-bond acceptors (Lipinski definition) is 2. The van der Waals surface area contributed by atoms with Gasteiger partial charge in [0, 0.05) is 11.8 Å². The van der Waals surface area contributed by atoms with Gasteiger partial charge in [0.05, 0.1) is 29.4 Å². The van der Waals surface area contributed by atoms with Crippen LogP contribution in [0.3, 0.4) is 0 Å². The Kier molecular flexibility index (Phi) is 3.66. The predicted octanol–water partition coefficient (Wildman–Crippen LogP) is 5.24. The van der Waals surface area contributed by atoms with Crippen LogP contribution in [-0.2, 0) is 12.6 Å². The van der Waals surface area contributed by atoms with E-state index < -0.39 is 11.7 Å². The van der Waals surface area contributed by atoms with Crippen LogP contribution in [0.5, 0.6) is 0 Å². The van der Waals surface area contributed by atoms with Crippen molar-refractivity contribution >= 4 is 16.4 Å². The van der Waals surface area contributed by atoms with Gasteiger partial charge in [0.1, 0.15) is 5.65 Å². The molecule has 128 valence electrons. The molecule has 0 aliphatic heterocycles. The van der Waals surface area contributed by atoms with Crippen molar-refractivity contribution in [1.29, 1.82) is 5.26 Å². The quantitative estimate of drug-likeness (QED) is 0.496. The number of aromatic nitrogens is 2. The molecule has 0 saturated heterocycles. The van der Waals surface area contributed by atoms with Crippen LogP contribution < -0.4 is 0 Å².